The van der Waals surface area contributed by atoms with E-state index in [4.69, 9.17) is 9.47 Å². The van der Waals surface area contributed by atoms with Crippen LogP contribution < -0.4 is 9.47 Å². The predicted octanol–water partition coefficient (Wildman–Crippen LogP) is 4.52. The molecule has 2 aromatic carbocycles. The van der Waals surface area contributed by atoms with E-state index in [-0.39, 0.29) is 5.78 Å². The minimum atomic E-state index is -0.0768. The van der Waals surface area contributed by atoms with Gasteiger partial charge in [0, 0.05) is 16.8 Å². The molecule has 0 saturated heterocycles. The Morgan fingerprint density at radius 2 is 1.76 bits per heavy atom. The average Bonchev–Trinajstić information content (AvgIpc) is 3.00. The zero-order valence-electron chi connectivity index (χ0n) is 16.9. The van der Waals surface area contributed by atoms with Crippen LogP contribution in [0.4, 0.5) is 0 Å². The van der Waals surface area contributed by atoms with Crippen molar-refractivity contribution in [2.75, 3.05) is 13.2 Å². The van der Waals surface area contributed by atoms with Gasteiger partial charge in [-0.1, -0.05) is 29.8 Å². The molecule has 0 saturated carbocycles. The van der Waals surface area contributed by atoms with Gasteiger partial charge in [0.15, 0.2) is 17.3 Å². The standard InChI is InChI=1S/C24H24N2O3/c1-16-4-6-19(7-5-16)15-26-18(3)21(17(2)25-26)9-10-22(27)20-8-11-23-24(14-20)29-13-12-28-23/h4-11,14H,12-13,15H2,1-3H3/b10-9+. The van der Waals surface area contributed by atoms with E-state index in [2.05, 4.69) is 36.3 Å². The van der Waals surface area contributed by atoms with Crippen molar-refractivity contribution in [3.05, 3.63) is 82.2 Å². The first-order chi connectivity index (χ1) is 14.0. The summed E-state index contributed by atoms with van der Waals surface area (Å²) in [5.74, 6) is 1.22. The summed E-state index contributed by atoms with van der Waals surface area (Å²) >= 11 is 0. The second-order valence-electron chi connectivity index (χ2n) is 7.28. The van der Waals surface area contributed by atoms with Crippen LogP contribution in [0.3, 0.4) is 0 Å². The van der Waals surface area contributed by atoms with Crippen LogP contribution >= 0.6 is 0 Å². The van der Waals surface area contributed by atoms with Gasteiger partial charge in [0.05, 0.1) is 12.2 Å². The molecule has 3 aromatic rings. The molecule has 2 heterocycles. The Balaban J connectivity index is 1.53. The number of benzene rings is 2. The second-order valence-corrected chi connectivity index (χ2v) is 7.28. The molecule has 0 aliphatic carbocycles. The Hall–Kier alpha value is -3.34. The molecule has 5 nitrogen and oxygen atoms in total. The van der Waals surface area contributed by atoms with Gasteiger partial charge >= 0.3 is 0 Å². The SMILES string of the molecule is Cc1ccc(Cn2nc(C)c(/C=C/C(=O)c3ccc4c(c3)OCCO4)c2C)cc1. The fraction of sp³-hybridized carbons (Fsp3) is 0.250. The minimum absolute atomic E-state index is 0.0768. The fourth-order valence-corrected chi connectivity index (χ4v) is 3.42. The first-order valence-corrected chi connectivity index (χ1v) is 9.73. The number of hydrogen-bond acceptors (Lipinski definition) is 4. The molecule has 0 fully saturated rings. The number of hydrogen-bond donors (Lipinski definition) is 0. The molecule has 4 rings (SSSR count). The van der Waals surface area contributed by atoms with Gasteiger partial charge in [0.2, 0.25) is 0 Å². The first kappa shape index (κ1) is 19.0. The highest BCUT2D eigenvalue weighted by Gasteiger charge is 2.14. The number of aryl methyl sites for hydroxylation is 2. The lowest BCUT2D eigenvalue weighted by Crippen LogP contribution is -2.15. The van der Waals surface area contributed by atoms with Crippen molar-refractivity contribution in [1.29, 1.82) is 0 Å². The van der Waals surface area contributed by atoms with Crippen molar-refractivity contribution < 1.29 is 14.3 Å². The molecule has 5 heteroatoms. The van der Waals surface area contributed by atoms with E-state index in [1.807, 2.05) is 24.6 Å². The largest absolute Gasteiger partial charge is 0.486 e. The van der Waals surface area contributed by atoms with Crippen LogP contribution in [0.5, 0.6) is 11.5 Å². The monoisotopic (exact) mass is 388 g/mol. The number of fused-ring (bicyclic) bond motifs is 1. The lowest BCUT2D eigenvalue weighted by molar-refractivity contribution is 0.104. The van der Waals surface area contributed by atoms with Gasteiger partial charge in [-0.15, -0.1) is 0 Å². The molecule has 1 aliphatic rings. The van der Waals surface area contributed by atoms with Crippen LogP contribution in [0.2, 0.25) is 0 Å². The number of rotatable bonds is 5. The summed E-state index contributed by atoms with van der Waals surface area (Å²) < 4.78 is 13.1. The second kappa shape index (κ2) is 7.95. The third-order valence-corrected chi connectivity index (χ3v) is 5.12. The summed E-state index contributed by atoms with van der Waals surface area (Å²) in [6.07, 6.45) is 3.45. The normalized spacial score (nSPS) is 13.1. The van der Waals surface area contributed by atoms with Gasteiger partial charge < -0.3 is 9.47 Å². The smallest absolute Gasteiger partial charge is 0.185 e. The first-order valence-electron chi connectivity index (χ1n) is 9.73. The summed E-state index contributed by atoms with van der Waals surface area (Å²) in [5, 5.41) is 4.65. The van der Waals surface area contributed by atoms with Gasteiger partial charge in [-0.25, -0.2) is 0 Å². The van der Waals surface area contributed by atoms with Crippen molar-refractivity contribution in [1.82, 2.24) is 9.78 Å². The topological polar surface area (TPSA) is 53.4 Å². The van der Waals surface area contributed by atoms with Crippen LogP contribution in [0, 0.1) is 20.8 Å². The molecule has 0 bridgehead atoms. The molecular formula is C24H24N2O3. The van der Waals surface area contributed by atoms with Gasteiger partial charge in [-0.2, -0.15) is 5.10 Å². The quantitative estimate of drug-likeness (QED) is 0.476. The highest BCUT2D eigenvalue weighted by atomic mass is 16.6. The Kier molecular flexibility index (Phi) is 5.21. The molecule has 0 amide bonds. The van der Waals surface area contributed by atoms with Crippen molar-refractivity contribution >= 4 is 11.9 Å². The van der Waals surface area contributed by atoms with Crippen LogP contribution in [0.1, 0.15) is 38.4 Å². The van der Waals surface area contributed by atoms with E-state index in [9.17, 15) is 4.79 Å². The fourth-order valence-electron chi connectivity index (χ4n) is 3.42. The summed E-state index contributed by atoms with van der Waals surface area (Å²) in [5.41, 5.74) is 5.93. The number of aromatic nitrogens is 2. The van der Waals surface area contributed by atoms with Crippen LogP contribution in [-0.2, 0) is 6.54 Å². The van der Waals surface area contributed by atoms with E-state index in [1.165, 1.54) is 11.1 Å². The van der Waals surface area contributed by atoms with Gasteiger partial charge in [-0.3, -0.25) is 9.48 Å². The Bertz CT molecular complexity index is 1080. The van der Waals surface area contributed by atoms with E-state index in [0.717, 1.165) is 17.0 Å². The molecule has 29 heavy (non-hydrogen) atoms. The zero-order chi connectivity index (χ0) is 20.4. The maximum atomic E-state index is 12.6. The van der Waals surface area contributed by atoms with E-state index in [1.54, 1.807) is 24.3 Å². The number of carbonyl (C=O) groups is 1. The number of ether oxygens (including phenoxy) is 2. The minimum Gasteiger partial charge on any atom is -0.486 e. The molecule has 148 valence electrons. The van der Waals surface area contributed by atoms with Gasteiger partial charge in [0.1, 0.15) is 13.2 Å². The number of carbonyl (C=O) groups excluding carboxylic acids is 1. The molecule has 0 unspecified atom stereocenters. The molecular weight excluding hydrogens is 364 g/mol. The molecule has 1 aliphatic heterocycles. The lowest BCUT2D eigenvalue weighted by atomic mass is 10.1. The van der Waals surface area contributed by atoms with Gasteiger partial charge in [-0.05, 0) is 56.7 Å². The molecule has 0 N–H and O–H groups in total. The predicted molar refractivity (Wildman–Crippen MR) is 113 cm³/mol. The summed E-state index contributed by atoms with van der Waals surface area (Å²) in [6, 6.07) is 13.7. The van der Waals surface area contributed by atoms with Crippen LogP contribution in [0.15, 0.2) is 48.5 Å². The van der Waals surface area contributed by atoms with E-state index in [0.29, 0.717) is 36.8 Å². The molecule has 0 atom stereocenters. The summed E-state index contributed by atoms with van der Waals surface area (Å²) in [7, 11) is 0. The lowest BCUT2D eigenvalue weighted by Gasteiger charge is -2.18. The third-order valence-electron chi connectivity index (χ3n) is 5.12. The van der Waals surface area contributed by atoms with Crippen molar-refractivity contribution in [3.8, 4) is 11.5 Å². The van der Waals surface area contributed by atoms with E-state index >= 15 is 0 Å². The average molecular weight is 388 g/mol. The summed E-state index contributed by atoms with van der Waals surface area (Å²) in [6.45, 7) is 7.81. The molecule has 0 radical (unpaired) electrons. The highest BCUT2D eigenvalue weighted by molar-refractivity contribution is 6.07. The zero-order valence-corrected chi connectivity index (χ0v) is 16.9. The van der Waals surface area contributed by atoms with Crippen molar-refractivity contribution in [2.24, 2.45) is 0 Å². The Labute approximate surface area is 170 Å². The maximum absolute atomic E-state index is 12.6. The molecule has 0 spiro atoms. The highest BCUT2D eigenvalue weighted by Crippen LogP contribution is 2.31. The number of ketones is 1. The Morgan fingerprint density at radius 1 is 1.03 bits per heavy atom. The van der Waals surface area contributed by atoms with Crippen LogP contribution in [0.25, 0.3) is 6.08 Å². The van der Waals surface area contributed by atoms with Gasteiger partial charge in [0.25, 0.3) is 0 Å². The number of nitrogens with zero attached hydrogens (tertiary/aromatic N) is 2. The van der Waals surface area contributed by atoms with Crippen molar-refractivity contribution in [2.45, 2.75) is 27.3 Å². The van der Waals surface area contributed by atoms with Crippen molar-refractivity contribution in [3.63, 3.8) is 0 Å². The third kappa shape index (κ3) is 4.09. The summed E-state index contributed by atoms with van der Waals surface area (Å²) in [4.78, 5) is 12.6. The maximum Gasteiger partial charge on any atom is 0.185 e. The number of allylic oxidation sites excluding steroid dienone is 1. The van der Waals surface area contributed by atoms with E-state index < -0.39 is 0 Å². The molecule has 1 aromatic heterocycles. The van der Waals surface area contributed by atoms with Crippen LogP contribution in [-0.4, -0.2) is 28.8 Å². The Morgan fingerprint density at radius 3 is 2.52 bits per heavy atom.